The minimum absolute atomic E-state index is 0.0104. The number of methoxy groups -OCH3 is 1. The van der Waals surface area contributed by atoms with Crippen molar-refractivity contribution in [2.75, 3.05) is 33.3 Å². The summed E-state index contributed by atoms with van der Waals surface area (Å²) in [7, 11) is -2.27. The molecule has 0 aliphatic carbocycles. The van der Waals surface area contributed by atoms with Gasteiger partial charge in [0.2, 0.25) is 10.0 Å². The molecule has 0 saturated carbocycles. The first kappa shape index (κ1) is 13.8. The van der Waals surface area contributed by atoms with E-state index in [1.54, 1.807) is 0 Å². The van der Waals surface area contributed by atoms with Crippen LogP contribution in [0.15, 0.2) is 23.1 Å². The lowest BCUT2D eigenvalue weighted by Gasteiger charge is -2.17. The van der Waals surface area contributed by atoms with Crippen LogP contribution in [0.5, 0.6) is 5.75 Å². The number of sulfonamides is 1. The highest BCUT2D eigenvalue weighted by Crippen LogP contribution is 2.31. The maximum absolute atomic E-state index is 13.7. The van der Waals surface area contributed by atoms with Crippen molar-refractivity contribution in [1.29, 1.82) is 0 Å². The Labute approximate surface area is 117 Å². The molecule has 2 fully saturated rings. The van der Waals surface area contributed by atoms with E-state index in [9.17, 15) is 12.8 Å². The first-order chi connectivity index (χ1) is 9.52. The number of benzene rings is 1. The summed E-state index contributed by atoms with van der Waals surface area (Å²) in [6, 6.07) is 3.77. The number of ether oxygens (including phenoxy) is 1. The van der Waals surface area contributed by atoms with Crippen molar-refractivity contribution >= 4 is 10.0 Å². The van der Waals surface area contributed by atoms with Gasteiger partial charge in [0.1, 0.15) is 0 Å². The molecule has 2 saturated heterocycles. The molecular weight excluding hydrogens is 283 g/mol. The summed E-state index contributed by atoms with van der Waals surface area (Å²) in [4.78, 5) is -0.0104. The van der Waals surface area contributed by atoms with Crippen molar-refractivity contribution in [3.63, 3.8) is 0 Å². The molecule has 7 heteroatoms. The summed E-state index contributed by atoms with van der Waals surface area (Å²) >= 11 is 0. The molecule has 110 valence electrons. The lowest BCUT2D eigenvalue weighted by molar-refractivity contribution is 0.385. The highest BCUT2D eigenvalue weighted by molar-refractivity contribution is 7.89. The normalized spacial score (nSPS) is 26.7. The Balaban J connectivity index is 1.87. The predicted molar refractivity (Wildman–Crippen MR) is 71.6 cm³/mol. The standard InChI is InChI=1S/C13H17FN2O3S/c1-19-13-3-2-11(4-12(13)14)20(17,18)16-7-9-5-15-6-10(9)8-16/h2-4,9-10,15H,5-8H2,1H3. The SMILES string of the molecule is COc1ccc(S(=O)(=O)N2CC3CNCC3C2)cc1F. The molecule has 1 aromatic carbocycles. The van der Waals surface area contributed by atoms with E-state index in [1.165, 1.54) is 23.5 Å². The maximum Gasteiger partial charge on any atom is 0.243 e. The highest BCUT2D eigenvalue weighted by Gasteiger charge is 2.41. The molecule has 0 amide bonds. The topological polar surface area (TPSA) is 58.6 Å². The van der Waals surface area contributed by atoms with Crippen LogP contribution in [-0.4, -0.2) is 46.0 Å². The zero-order valence-corrected chi connectivity index (χ0v) is 12.0. The molecule has 20 heavy (non-hydrogen) atoms. The van der Waals surface area contributed by atoms with Gasteiger partial charge >= 0.3 is 0 Å². The number of nitrogens with one attached hydrogen (secondary N) is 1. The molecular formula is C13H17FN2O3S. The van der Waals surface area contributed by atoms with E-state index in [0.29, 0.717) is 24.9 Å². The zero-order valence-electron chi connectivity index (χ0n) is 11.2. The van der Waals surface area contributed by atoms with E-state index in [4.69, 9.17) is 4.74 Å². The molecule has 2 unspecified atom stereocenters. The molecule has 0 radical (unpaired) electrons. The van der Waals surface area contributed by atoms with Gasteiger partial charge in [0.15, 0.2) is 11.6 Å². The Bertz CT molecular complexity index is 608. The lowest BCUT2D eigenvalue weighted by Crippen LogP contribution is -2.32. The Morgan fingerprint density at radius 3 is 2.50 bits per heavy atom. The van der Waals surface area contributed by atoms with Crippen molar-refractivity contribution in [2.45, 2.75) is 4.90 Å². The largest absolute Gasteiger partial charge is 0.494 e. The third-order valence-electron chi connectivity index (χ3n) is 4.12. The van der Waals surface area contributed by atoms with Gasteiger partial charge in [-0.2, -0.15) is 4.31 Å². The first-order valence-electron chi connectivity index (χ1n) is 6.57. The summed E-state index contributed by atoms with van der Waals surface area (Å²) in [5.74, 6) is 0.127. The average molecular weight is 300 g/mol. The summed E-state index contributed by atoms with van der Waals surface area (Å²) in [5.41, 5.74) is 0. The fourth-order valence-electron chi connectivity index (χ4n) is 2.97. The Hall–Kier alpha value is -1.18. The smallest absolute Gasteiger partial charge is 0.243 e. The van der Waals surface area contributed by atoms with Crippen molar-refractivity contribution in [3.05, 3.63) is 24.0 Å². The van der Waals surface area contributed by atoms with Gasteiger partial charge in [0.05, 0.1) is 12.0 Å². The highest BCUT2D eigenvalue weighted by atomic mass is 32.2. The van der Waals surface area contributed by atoms with Gasteiger partial charge in [-0.15, -0.1) is 0 Å². The molecule has 3 rings (SSSR count). The minimum atomic E-state index is -3.62. The predicted octanol–water partition coefficient (Wildman–Crippen LogP) is 0.674. The molecule has 2 aliphatic heterocycles. The number of fused-ring (bicyclic) bond motifs is 1. The zero-order chi connectivity index (χ0) is 14.3. The quantitative estimate of drug-likeness (QED) is 0.891. The Morgan fingerprint density at radius 1 is 1.30 bits per heavy atom. The number of nitrogens with zero attached hydrogens (tertiary/aromatic N) is 1. The molecule has 1 aromatic rings. The summed E-state index contributed by atoms with van der Waals surface area (Å²) in [6.07, 6.45) is 0. The molecule has 2 heterocycles. The molecule has 5 nitrogen and oxygen atoms in total. The second kappa shape index (κ2) is 4.98. The van der Waals surface area contributed by atoms with Crippen molar-refractivity contribution in [2.24, 2.45) is 11.8 Å². The first-order valence-corrected chi connectivity index (χ1v) is 8.01. The second-order valence-electron chi connectivity index (χ2n) is 5.30. The van der Waals surface area contributed by atoms with E-state index in [0.717, 1.165) is 19.2 Å². The average Bonchev–Trinajstić information content (AvgIpc) is 2.99. The van der Waals surface area contributed by atoms with Crippen molar-refractivity contribution in [1.82, 2.24) is 9.62 Å². The minimum Gasteiger partial charge on any atom is -0.494 e. The third kappa shape index (κ3) is 2.19. The number of rotatable bonds is 3. The summed E-state index contributed by atoms with van der Waals surface area (Å²) in [5, 5.41) is 3.26. The van der Waals surface area contributed by atoms with Crippen molar-refractivity contribution < 1.29 is 17.5 Å². The van der Waals surface area contributed by atoms with Crippen LogP contribution in [0, 0.1) is 17.7 Å². The molecule has 1 N–H and O–H groups in total. The summed E-state index contributed by atoms with van der Waals surface area (Å²) in [6.45, 7) is 2.72. The van der Waals surface area contributed by atoms with Crippen LogP contribution in [0.4, 0.5) is 4.39 Å². The van der Waals surface area contributed by atoms with E-state index in [2.05, 4.69) is 5.32 Å². The van der Waals surface area contributed by atoms with Gasteiger partial charge in [-0.25, -0.2) is 12.8 Å². The van der Waals surface area contributed by atoms with Crippen molar-refractivity contribution in [3.8, 4) is 5.75 Å². The third-order valence-corrected chi connectivity index (χ3v) is 5.94. The number of halogens is 1. The van der Waals surface area contributed by atoms with Crippen LogP contribution in [0.25, 0.3) is 0 Å². The van der Waals surface area contributed by atoms with Gasteiger partial charge in [-0.3, -0.25) is 0 Å². The number of hydrogen-bond acceptors (Lipinski definition) is 4. The van der Waals surface area contributed by atoms with Crippen LogP contribution in [0.3, 0.4) is 0 Å². The van der Waals surface area contributed by atoms with Gasteiger partial charge in [0, 0.05) is 13.1 Å². The van der Waals surface area contributed by atoms with E-state index >= 15 is 0 Å². The molecule has 2 aliphatic rings. The van der Waals surface area contributed by atoms with E-state index < -0.39 is 15.8 Å². The van der Waals surface area contributed by atoms with Crippen LogP contribution in [-0.2, 0) is 10.0 Å². The number of hydrogen-bond donors (Lipinski definition) is 1. The Kier molecular flexibility index (Phi) is 3.43. The van der Waals surface area contributed by atoms with Gasteiger partial charge in [-0.05, 0) is 43.1 Å². The molecule has 0 spiro atoms. The van der Waals surface area contributed by atoms with Crippen LogP contribution >= 0.6 is 0 Å². The Morgan fingerprint density at radius 2 is 1.95 bits per heavy atom. The van der Waals surface area contributed by atoms with Gasteiger partial charge < -0.3 is 10.1 Å². The van der Waals surface area contributed by atoms with Crippen LogP contribution in [0.2, 0.25) is 0 Å². The lowest BCUT2D eigenvalue weighted by atomic mass is 10.0. The fourth-order valence-corrected chi connectivity index (χ4v) is 4.53. The van der Waals surface area contributed by atoms with E-state index in [1.807, 2.05) is 0 Å². The van der Waals surface area contributed by atoms with Crippen LogP contribution in [0.1, 0.15) is 0 Å². The molecule has 2 atom stereocenters. The summed E-state index contributed by atoms with van der Waals surface area (Å²) < 4.78 is 45.0. The molecule has 0 bridgehead atoms. The fraction of sp³-hybridized carbons (Fsp3) is 0.538. The van der Waals surface area contributed by atoms with E-state index in [-0.39, 0.29) is 10.6 Å². The van der Waals surface area contributed by atoms with Crippen LogP contribution < -0.4 is 10.1 Å². The second-order valence-corrected chi connectivity index (χ2v) is 7.23. The maximum atomic E-state index is 13.7. The van der Waals surface area contributed by atoms with Gasteiger partial charge in [0.25, 0.3) is 0 Å². The monoisotopic (exact) mass is 300 g/mol. The molecule has 0 aromatic heterocycles. The van der Waals surface area contributed by atoms with Gasteiger partial charge in [-0.1, -0.05) is 0 Å².